The Morgan fingerprint density at radius 1 is 1.11 bits per heavy atom. The number of nitrogens with zero attached hydrogens (tertiary/aromatic N) is 2. The first-order valence-electron chi connectivity index (χ1n) is 9.06. The molecule has 1 aromatic carbocycles. The number of aliphatic hydroxyl groups is 1. The van der Waals surface area contributed by atoms with Crippen molar-refractivity contribution in [1.29, 1.82) is 0 Å². The quantitative estimate of drug-likeness (QED) is 0.756. The maximum Gasteiger partial charge on any atom is 0.248 e. The molecule has 3 rings (SSSR count). The second-order valence-electron chi connectivity index (χ2n) is 7.46. The predicted octanol–water partition coefficient (Wildman–Crippen LogP) is 0.427. The van der Waals surface area contributed by atoms with E-state index >= 15 is 0 Å². The van der Waals surface area contributed by atoms with Crippen LogP contribution >= 0.6 is 11.6 Å². The van der Waals surface area contributed by atoms with Crippen molar-refractivity contribution in [3.8, 4) is 0 Å². The molecule has 1 aromatic rings. The zero-order chi connectivity index (χ0) is 19.6. The van der Waals surface area contributed by atoms with E-state index in [9.17, 15) is 14.4 Å². The van der Waals surface area contributed by atoms with Gasteiger partial charge < -0.3 is 20.6 Å². The van der Waals surface area contributed by atoms with Gasteiger partial charge in [0.2, 0.25) is 17.7 Å². The molecular formula is C19H24ClN3O4. The highest BCUT2D eigenvalue weighted by atomic mass is 35.5. The molecule has 2 aliphatic heterocycles. The molecule has 8 heteroatoms. The average molecular weight is 394 g/mol. The Hall–Kier alpha value is -2.12. The van der Waals surface area contributed by atoms with Gasteiger partial charge in [0, 0.05) is 37.1 Å². The van der Waals surface area contributed by atoms with Crippen LogP contribution < -0.4 is 5.73 Å². The number of primary amides is 1. The fraction of sp³-hybridized carbons (Fsp3) is 0.526. The van der Waals surface area contributed by atoms with Crippen LogP contribution in [0, 0.1) is 11.3 Å². The highest BCUT2D eigenvalue weighted by molar-refractivity contribution is 6.30. The molecule has 146 valence electrons. The molecule has 0 saturated carbocycles. The molecule has 2 aliphatic rings. The van der Waals surface area contributed by atoms with Crippen LogP contribution in [-0.4, -0.2) is 65.4 Å². The summed E-state index contributed by atoms with van der Waals surface area (Å²) in [5.74, 6) is -0.888. The first-order chi connectivity index (χ1) is 12.8. The van der Waals surface area contributed by atoms with Crippen molar-refractivity contribution >= 4 is 29.3 Å². The van der Waals surface area contributed by atoms with Crippen molar-refractivity contribution in [2.45, 2.75) is 19.3 Å². The molecule has 27 heavy (non-hydrogen) atoms. The van der Waals surface area contributed by atoms with E-state index in [1.165, 1.54) is 4.90 Å². The minimum Gasteiger partial charge on any atom is -0.387 e. The van der Waals surface area contributed by atoms with Gasteiger partial charge in [0.15, 0.2) is 0 Å². The third kappa shape index (κ3) is 4.09. The van der Waals surface area contributed by atoms with Gasteiger partial charge in [0.1, 0.15) is 6.61 Å². The summed E-state index contributed by atoms with van der Waals surface area (Å²) < 4.78 is 0. The average Bonchev–Trinajstić information content (AvgIpc) is 2.65. The number of hydrogen-bond acceptors (Lipinski definition) is 4. The molecule has 2 heterocycles. The second-order valence-corrected chi connectivity index (χ2v) is 7.90. The number of carbonyl (C=O) groups is 3. The smallest absolute Gasteiger partial charge is 0.248 e. The molecule has 0 aromatic heterocycles. The molecule has 3 amide bonds. The Labute approximate surface area is 163 Å². The van der Waals surface area contributed by atoms with Gasteiger partial charge in [-0.3, -0.25) is 14.4 Å². The van der Waals surface area contributed by atoms with Gasteiger partial charge in [-0.05, 0) is 37.0 Å². The lowest BCUT2D eigenvalue weighted by atomic mass is 9.73. The summed E-state index contributed by atoms with van der Waals surface area (Å²) >= 11 is 5.94. The lowest BCUT2D eigenvalue weighted by molar-refractivity contribution is -0.163. The Balaban J connectivity index is 1.74. The van der Waals surface area contributed by atoms with Gasteiger partial charge in [-0.15, -0.1) is 0 Å². The van der Waals surface area contributed by atoms with Crippen molar-refractivity contribution < 1.29 is 19.5 Å². The van der Waals surface area contributed by atoms with E-state index in [1.807, 2.05) is 12.1 Å². The third-order valence-corrected chi connectivity index (χ3v) is 5.82. The maximum atomic E-state index is 13.3. The summed E-state index contributed by atoms with van der Waals surface area (Å²) in [5, 5.41) is 9.71. The number of rotatable bonds is 5. The number of carbonyl (C=O) groups excluding carboxylic acids is 3. The van der Waals surface area contributed by atoms with Gasteiger partial charge in [0.05, 0.1) is 5.41 Å². The SMILES string of the molecule is NC(=O)C1CCN(C(=O)C2(Cc3ccc(Cl)cc3)CN(C(=O)CO)C2)CC1. The fourth-order valence-electron chi connectivity index (χ4n) is 3.98. The Morgan fingerprint density at radius 3 is 2.22 bits per heavy atom. The maximum absolute atomic E-state index is 13.3. The topological polar surface area (TPSA) is 104 Å². The number of halogens is 1. The van der Waals surface area contributed by atoms with Gasteiger partial charge in [0.25, 0.3) is 0 Å². The van der Waals surface area contributed by atoms with E-state index < -0.39 is 12.0 Å². The summed E-state index contributed by atoms with van der Waals surface area (Å²) in [6.07, 6.45) is 1.63. The molecule has 0 spiro atoms. The summed E-state index contributed by atoms with van der Waals surface area (Å²) in [6.45, 7) is 0.980. The van der Waals surface area contributed by atoms with Crippen LogP contribution in [0.25, 0.3) is 0 Å². The third-order valence-electron chi connectivity index (χ3n) is 5.57. The minimum absolute atomic E-state index is 0.0117. The molecular weight excluding hydrogens is 370 g/mol. The van der Waals surface area contributed by atoms with Crippen LogP contribution in [0.15, 0.2) is 24.3 Å². The van der Waals surface area contributed by atoms with Crippen LogP contribution in [0.1, 0.15) is 18.4 Å². The van der Waals surface area contributed by atoms with Gasteiger partial charge >= 0.3 is 0 Å². The van der Waals surface area contributed by atoms with Crippen LogP contribution in [0.2, 0.25) is 5.02 Å². The standard InChI is InChI=1S/C19H24ClN3O4/c20-15-3-1-13(2-4-15)9-19(11-23(12-19)16(25)10-24)18(27)22-7-5-14(6-8-22)17(21)26/h1-4,14,24H,5-12H2,(H2,21,26). The molecule has 0 aliphatic carbocycles. The number of benzene rings is 1. The molecule has 2 saturated heterocycles. The van der Waals surface area contributed by atoms with E-state index in [2.05, 4.69) is 0 Å². The first-order valence-corrected chi connectivity index (χ1v) is 9.44. The van der Waals surface area contributed by atoms with E-state index in [4.69, 9.17) is 22.4 Å². The largest absolute Gasteiger partial charge is 0.387 e. The van der Waals surface area contributed by atoms with Gasteiger partial charge in [-0.2, -0.15) is 0 Å². The van der Waals surface area contributed by atoms with Crippen molar-refractivity contribution in [3.05, 3.63) is 34.9 Å². The van der Waals surface area contributed by atoms with E-state index in [-0.39, 0.29) is 36.7 Å². The van der Waals surface area contributed by atoms with Crippen LogP contribution in [0.3, 0.4) is 0 Å². The van der Waals surface area contributed by atoms with Crippen LogP contribution in [0.5, 0.6) is 0 Å². The number of likely N-dealkylation sites (tertiary alicyclic amines) is 2. The minimum atomic E-state index is -0.710. The summed E-state index contributed by atoms with van der Waals surface area (Å²) in [7, 11) is 0. The monoisotopic (exact) mass is 393 g/mol. The lowest BCUT2D eigenvalue weighted by Gasteiger charge is -2.51. The molecule has 7 nitrogen and oxygen atoms in total. The molecule has 0 radical (unpaired) electrons. The van der Waals surface area contributed by atoms with Crippen molar-refractivity contribution in [1.82, 2.24) is 9.80 Å². The Bertz CT molecular complexity index is 723. The molecule has 0 unspecified atom stereocenters. The Kier molecular flexibility index (Phi) is 5.72. The summed E-state index contributed by atoms with van der Waals surface area (Å²) in [5.41, 5.74) is 5.63. The lowest BCUT2D eigenvalue weighted by Crippen LogP contribution is -2.67. The normalized spacial score (nSPS) is 19.5. The fourth-order valence-corrected chi connectivity index (χ4v) is 4.10. The number of amides is 3. The predicted molar refractivity (Wildman–Crippen MR) is 99.8 cm³/mol. The van der Waals surface area contributed by atoms with Crippen molar-refractivity contribution in [3.63, 3.8) is 0 Å². The number of nitrogens with two attached hydrogens (primary N) is 1. The highest BCUT2D eigenvalue weighted by Crippen LogP contribution is 2.37. The number of aliphatic hydroxyl groups excluding tert-OH is 1. The van der Waals surface area contributed by atoms with Crippen LogP contribution in [0.4, 0.5) is 0 Å². The molecule has 0 bridgehead atoms. The summed E-state index contributed by atoms with van der Waals surface area (Å²) in [4.78, 5) is 39.7. The van der Waals surface area contributed by atoms with Crippen molar-refractivity contribution in [2.75, 3.05) is 32.8 Å². The van der Waals surface area contributed by atoms with Crippen molar-refractivity contribution in [2.24, 2.45) is 17.1 Å². The van der Waals surface area contributed by atoms with E-state index in [1.54, 1.807) is 17.0 Å². The van der Waals surface area contributed by atoms with Crippen LogP contribution in [-0.2, 0) is 20.8 Å². The number of hydrogen-bond donors (Lipinski definition) is 2. The molecule has 2 fully saturated rings. The van der Waals surface area contributed by atoms with E-state index in [0.717, 1.165) is 5.56 Å². The highest BCUT2D eigenvalue weighted by Gasteiger charge is 2.52. The van der Waals surface area contributed by atoms with Gasteiger partial charge in [-0.1, -0.05) is 23.7 Å². The summed E-state index contributed by atoms with van der Waals surface area (Å²) in [6, 6.07) is 7.33. The number of piperidine rings is 1. The first kappa shape index (κ1) is 19.6. The molecule has 3 N–H and O–H groups in total. The molecule has 0 atom stereocenters. The zero-order valence-corrected chi connectivity index (χ0v) is 15.8. The van der Waals surface area contributed by atoms with Gasteiger partial charge in [-0.25, -0.2) is 0 Å². The second kappa shape index (κ2) is 7.86. The van der Waals surface area contributed by atoms with E-state index in [0.29, 0.717) is 37.4 Å². The Morgan fingerprint density at radius 2 is 1.70 bits per heavy atom. The zero-order valence-electron chi connectivity index (χ0n) is 15.1.